The lowest BCUT2D eigenvalue weighted by Gasteiger charge is -2.37. The fourth-order valence-corrected chi connectivity index (χ4v) is 4.57. The molecule has 0 bridgehead atoms. The highest BCUT2D eigenvalue weighted by Crippen LogP contribution is 2.32. The number of hydrogen-bond acceptors (Lipinski definition) is 7. The van der Waals surface area contributed by atoms with Crippen LogP contribution >= 0.6 is 0 Å². The Labute approximate surface area is 208 Å². The molecule has 2 fully saturated rings. The number of carbonyl (C=O) groups excluding carboxylic acids is 1. The molecule has 0 unspecified atom stereocenters. The molecule has 8 nitrogen and oxygen atoms in total. The van der Waals surface area contributed by atoms with E-state index >= 15 is 0 Å². The first-order chi connectivity index (χ1) is 17.2. The van der Waals surface area contributed by atoms with Crippen LogP contribution in [-0.2, 0) is 17.4 Å². The quantitative estimate of drug-likeness (QED) is 0.651. The van der Waals surface area contributed by atoms with Crippen molar-refractivity contribution in [3.8, 4) is 6.07 Å². The maximum atomic E-state index is 13.7. The van der Waals surface area contributed by atoms with Crippen LogP contribution in [0.5, 0.6) is 0 Å². The van der Waals surface area contributed by atoms with Crippen molar-refractivity contribution >= 4 is 17.5 Å². The Morgan fingerprint density at radius 1 is 1.08 bits per heavy atom. The third kappa shape index (κ3) is 6.23. The second-order valence-corrected chi connectivity index (χ2v) is 9.25. The number of rotatable bonds is 6. The van der Waals surface area contributed by atoms with Crippen LogP contribution in [-0.4, -0.2) is 73.1 Å². The topological polar surface area (TPSA) is 88.4 Å². The monoisotopic (exact) mass is 501 g/mol. The van der Waals surface area contributed by atoms with Gasteiger partial charge in [0.05, 0.1) is 11.6 Å². The van der Waals surface area contributed by atoms with Crippen LogP contribution in [0.15, 0.2) is 30.3 Å². The van der Waals surface area contributed by atoms with Crippen LogP contribution in [0.3, 0.4) is 0 Å². The Morgan fingerprint density at radius 3 is 2.44 bits per heavy atom. The summed E-state index contributed by atoms with van der Waals surface area (Å²) < 4.78 is 41.1. The van der Waals surface area contributed by atoms with E-state index in [0.29, 0.717) is 44.6 Å². The van der Waals surface area contributed by atoms with Crippen molar-refractivity contribution < 1.29 is 18.0 Å². The number of nitrogens with one attached hydrogen (secondary N) is 1. The van der Waals surface area contributed by atoms with Gasteiger partial charge in [-0.25, -0.2) is 9.97 Å². The molecule has 0 aliphatic carbocycles. The summed E-state index contributed by atoms with van der Waals surface area (Å²) in [6.07, 6.45) is -1.98. The van der Waals surface area contributed by atoms with E-state index in [-0.39, 0.29) is 17.5 Å². The molecule has 0 spiro atoms. The van der Waals surface area contributed by atoms with Crippen molar-refractivity contribution in [1.82, 2.24) is 20.2 Å². The van der Waals surface area contributed by atoms with Crippen molar-refractivity contribution in [1.29, 1.82) is 5.26 Å². The maximum absolute atomic E-state index is 13.7. The first-order valence-corrected chi connectivity index (χ1v) is 12.2. The minimum Gasteiger partial charge on any atom is -0.354 e. The van der Waals surface area contributed by atoms with Gasteiger partial charge in [-0.05, 0) is 50.4 Å². The van der Waals surface area contributed by atoms with E-state index in [2.05, 4.69) is 26.3 Å². The lowest BCUT2D eigenvalue weighted by Crippen LogP contribution is -2.50. The number of likely N-dealkylation sites (N-methyl/N-ethyl adjacent to an activating group) is 1. The number of alkyl halides is 3. The third-order valence-corrected chi connectivity index (χ3v) is 6.68. The molecule has 1 atom stereocenters. The van der Waals surface area contributed by atoms with Crippen molar-refractivity contribution in [3.63, 3.8) is 0 Å². The molecule has 2 aliphatic rings. The molecule has 2 aromatic rings. The Kier molecular flexibility index (Phi) is 7.94. The molecule has 1 amide bonds. The smallest absolute Gasteiger partial charge is 0.354 e. The van der Waals surface area contributed by atoms with Crippen LogP contribution in [0.2, 0.25) is 0 Å². The summed E-state index contributed by atoms with van der Waals surface area (Å²) >= 11 is 0. The van der Waals surface area contributed by atoms with Gasteiger partial charge in [0.15, 0.2) is 0 Å². The highest BCUT2D eigenvalue weighted by molar-refractivity contribution is 5.85. The van der Waals surface area contributed by atoms with Crippen LogP contribution < -0.4 is 15.1 Å². The van der Waals surface area contributed by atoms with Gasteiger partial charge in [-0.1, -0.05) is 12.1 Å². The molecule has 0 radical (unpaired) electrons. The van der Waals surface area contributed by atoms with Crippen molar-refractivity contribution in [2.45, 2.75) is 37.9 Å². The van der Waals surface area contributed by atoms with Crippen LogP contribution in [0, 0.1) is 11.3 Å². The van der Waals surface area contributed by atoms with Crippen molar-refractivity contribution in [2.75, 3.05) is 56.1 Å². The minimum atomic E-state index is -4.69. The zero-order chi connectivity index (χ0) is 25.7. The fourth-order valence-electron chi connectivity index (χ4n) is 4.57. The second-order valence-electron chi connectivity index (χ2n) is 9.25. The van der Waals surface area contributed by atoms with Crippen molar-refractivity contribution in [2.24, 2.45) is 0 Å². The largest absolute Gasteiger partial charge is 0.451 e. The summed E-state index contributed by atoms with van der Waals surface area (Å²) in [4.78, 5) is 26.5. The average Bonchev–Trinajstić information content (AvgIpc) is 2.88. The van der Waals surface area contributed by atoms with Gasteiger partial charge in [0, 0.05) is 45.3 Å². The predicted octanol–water partition coefficient (Wildman–Crippen LogP) is 2.84. The molecule has 1 N–H and O–H groups in total. The Bertz CT molecular complexity index is 1090. The SMILES string of the molecule is CN1CCN(c2cc(N3CCCC[C@H]3C(=O)NCCc3ccc(C#N)cc3)nc(C(F)(F)F)n2)CC1. The van der Waals surface area contributed by atoms with Gasteiger partial charge in [-0.3, -0.25) is 4.79 Å². The number of carbonyl (C=O) groups is 1. The van der Waals surface area contributed by atoms with E-state index in [1.165, 1.54) is 0 Å². The molecule has 4 rings (SSSR count). The number of benzene rings is 1. The number of nitrogens with zero attached hydrogens (tertiary/aromatic N) is 6. The van der Waals surface area contributed by atoms with Crippen molar-refractivity contribution in [3.05, 3.63) is 47.3 Å². The van der Waals surface area contributed by atoms with Gasteiger partial charge in [0.25, 0.3) is 0 Å². The summed E-state index contributed by atoms with van der Waals surface area (Å²) in [5, 5.41) is 11.8. The van der Waals surface area contributed by atoms with Gasteiger partial charge < -0.3 is 20.0 Å². The Morgan fingerprint density at radius 2 is 1.78 bits per heavy atom. The zero-order valence-electron chi connectivity index (χ0n) is 20.3. The van der Waals surface area contributed by atoms with E-state index in [1.54, 1.807) is 23.1 Å². The molecular formula is C25H30F3N7O. The summed E-state index contributed by atoms with van der Waals surface area (Å²) in [7, 11) is 1.97. The van der Waals surface area contributed by atoms with E-state index in [1.807, 2.05) is 24.1 Å². The molecule has 0 saturated carbocycles. The second kappa shape index (κ2) is 11.1. The summed E-state index contributed by atoms with van der Waals surface area (Å²) in [6.45, 7) is 3.44. The number of piperazine rings is 1. The van der Waals surface area contributed by atoms with Gasteiger partial charge >= 0.3 is 6.18 Å². The highest BCUT2D eigenvalue weighted by Gasteiger charge is 2.38. The highest BCUT2D eigenvalue weighted by atomic mass is 19.4. The van der Waals surface area contributed by atoms with Gasteiger partial charge in [0.1, 0.15) is 17.7 Å². The summed E-state index contributed by atoms with van der Waals surface area (Å²) in [5.41, 5.74) is 1.55. The fraction of sp³-hybridized carbons (Fsp3) is 0.520. The molecule has 2 saturated heterocycles. The first-order valence-electron chi connectivity index (χ1n) is 12.2. The number of aromatic nitrogens is 2. The number of piperidine rings is 1. The number of amides is 1. The maximum Gasteiger partial charge on any atom is 0.451 e. The van der Waals surface area contributed by atoms with E-state index in [0.717, 1.165) is 31.5 Å². The van der Waals surface area contributed by atoms with Crippen LogP contribution in [0.25, 0.3) is 0 Å². The number of anilines is 2. The molecule has 3 heterocycles. The third-order valence-electron chi connectivity index (χ3n) is 6.68. The molecular weight excluding hydrogens is 471 g/mol. The first kappa shape index (κ1) is 25.7. The van der Waals surface area contributed by atoms with Crippen LogP contribution in [0.4, 0.5) is 24.8 Å². The molecule has 1 aromatic heterocycles. The normalized spacial score (nSPS) is 19.1. The average molecular weight is 502 g/mol. The number of hydrogen-bond donors (Lipinski definition) is 1. The molecule has 192 valence electrons. The lowest BCUT2D eigenvalue weighted by molar-refractivity contribution is -0.144. The van der Waals surface area contributed by atoms with Gasteiger partial charge in [-0.15, -0.1) is 0 Å². The molecule has 2 aliphatic heterocycles. The van der Waals surface area contributed by atoms with Gasteiger partial charge in [0.2, 0.25) is 11.7 Å². The molecule has 11 heteroatoms. The van der Waals surface area contributed by atoms with Crippen LogP contribution in [0.1, 0.15) is 36.2 Å². The summed E-state index contributed by atoms with van der Waals surface area (Å²) in [6, 6.07) is 10.2. The van der Waals surface area contributed by atoms with E-state index in [9.17, 15) is 18.0 Å². The molecule has 36 heavy (non-hydrogen) atoms. The number of halogens is 3. The molecule has 1 aromatic carbocycles. The standard InChI is InChI=1S/C25H30F3N7O/c1-33-12-14-34(15-13-33)21-16-22(32-24(31-21)25(26,27)28)35-11-3-2-4-20(35)23(36)30-10-9-18-5-7-19(17-29)8-6-18/h5-8,16,20H,2-4,9-15H2,1H3,(H,30,36)/t20-/m0/s1. The zero-order valence-corrected chi connectivity index (χ0v) is 20.3. The number of nitriles is 1. The predicted molar refractivity (Wildman–Crippen MR) is 130 cm³/mol. The lowest BCUT2D eigenvalue weighted by atomic mass is 10.0. The van der Waals surface area contributed by atoms with Gasteiger partial charge in [-0.2, -0.15) is 18.4 Å². The van der Waals surface area contributed by atoms with E-state index in [4.69, 9.17) is 5.26 Å². The summed E-state index contributed by atoms with van der Waals surface area (Å²) in [5.74, 6) is -1.03. The Hall–Kier alpha value is -3.39. The Balaban J connectivity index is 1.50. The van der Waals surface area contributed by atoms with E-state index < -0.39 is 18.0 Å². The minimum absolute atomic E-state index is 0.137.